The first-order valence-corrected chi connectivity index (χ1v) is 18.2. The van der Waals surface area contributed by atoms with Crippen LogP contribution in [0.3, 0.4) is 0 Å². The molecule has 0 saturated heterocycles. The number of unbranched alkanes of at least 4 members (excludes halogenated alkanes) is 2. The van der Waals surface area contributed by atoms with Crippen LogP contribution in [0.5, 0.6) is 11.5 Å². The van der Waals surface area contributed by atoms with E-state index in [4.69, 9.17) is 11.6 Å². The Morgan fingerprint density at radius 1 is 0.679 bits per heavy atom. The molecule has 6 rings (SSSR count). The van der Waals surface area contributed by atoms with E-state index in [0.717, 1.165) is 36.8 Å². The Morgan fingerprint density at radius 3 is 1.70 bits per heavy atom. The van der Waals surface area contributed by atoms with Crippen LogP contribution in [0, 0.1) is 0 Å². The number of amides is 2. The summed E-state index contributed by atoms with van der Waals surface area (Å²) in [5.74, 6) is -2.04. The van der Waals surface area contributed by atoms with Gasteiger partial charge in [-0.2, -0.15) is 0 Å². The van der Waals surface area contributed by atoms with E-state index in [1.54, 1.807) is 30.3 Å². The molecular weight excluding hydrogens is 692 g/mol. The Kier molecular flexibility index (Phi) is 10.5. The fourth-order valence-corrected chi connectivity index (χ4v) is 6.36. The molecule has 2 heterocycles. The largest absolute Gasteiger partial charge is 0.505 e. The van der Waals surface area contributed by atoms with Gasteiger partial charge in [-0.3, -0.25) is 9.59 Å². The van der Waals surface area contributed by atoms with Crippen molar-refractivity contribution in [3.05, 3.63) is 94.0 Å². The van der Waals surface area contributed by atoms with Crippen LogP contribution in [0.25, 0.3) is 33.4 Å². The van der Waals surface area contributed by atoms with Crippen LogP contribution in [-0.2, 0) is 33.5 Å². The van der Waals surface area contributed by atoms with Crippen molar-refractivity contribution >= 4 is 45.5 Å². The smallest absolute Gasteiger partial charge is 0.309 e. The summed E-state index contributed by atoms with van der Waals surface area (Å²) in [6.45, 7) is 12.3. The van der Waals surface area contributed by atoms with Crippen LogP contribution >= 0.6 is 11.6 Å². The second-order valence-corrected chi connectivity index (χ2v) is 15.5. The van der Waals surface area contributed by atoms with E-state index in [1.165, 1.54) is 9.59 Å². The molecule has 0 fully saturated rings. The number of halogens is 1. The fourth-order valence-electron chi connectivity index (χ4n) is 6.19. The molecule has 2 aromatic heterocycles. The van der Waals surface area contributed by atoms with Crippen LogP contribution in [0.1, 0.15) is 89.5 Å². The first-order valence-electron chi connectivity index (χ1n) is 17.8. The summed E-state index contributed by atoms with van der Waals surface area (Å²) in [6.07, 6.45) is 4.15. The molecule has 13 heteroatoms. The van der Waals surface area contributed by atoms with E-state index < -0.39 is 11.8 Å². The predicted octanol–water partition coefficient (Wildman–Crippen LogP) is 7.31. The molecule has 0 unspecified atom stereocenters. The molecule has 0 aliphatic rings. The highest BCUT2D eigenvalue weighted by Gasteiger charge is 2.26. The third kappa shape index (κ3) is 8.12. The van der Waals surface area contributed by atoms with Crippen molar-refractivity contribution in [2.24, 2.45) is 0 Å². The van der Waals surface area contributed by atoms with Gasteiger partial charge in [-0.1, -0.05) is 84.5 Å². The lowest BCUT2D eigenvalue weighted by atomic mass is 9.79. The SMILES string of the molecule is CCCCCC(C)(C)c1cc(CNC(=O)C(=O)NCc2cc(C(C)(C)C)cc(-n3nc4ccc(Cl)cc4n3)c2O)c(O)c(-n2nc3ccccc3n2)c1. The van der Waals surface area contributed by atoms with Crippen molar-refractivity contribution < 1.29 is 19.8 Å². The standard InChI is InChI=1S/C40H45ClN8O4/c1-7-8-11-16-40(5,6)27-18-25(36(51)34(20-27)48-44-29-12-9-10-13-30(29)45-48)23-43-38(53)37(52)42-22-24-17-26(39(2,3)4)19-33(35(24)50)49-46-31-15-14-28(41)21-32(31)47-49/h9-10,12-15,17-21,50-51H,7-8,11,16,22-23H2,1-6H3,(H,42,52)(H,43,53). The molecule has 2 amide bonds. The maximum Gasteiger partial charge on any atom is 0.309 e. The molecule has 0 bridgehead atoms. The van der Waals surface area contributed by atoms with Crippen LogP contribution in [-0.4, -0.2) is 52.0 Å². The zero-order chi connectivity index (χ0) is 38.1. The first kappa shape index (κ1) is 37.3. The highest BCUT2D eigenvalue weighted by atomic mass is 35.5. The summed E-state index contributed by atoms with van der Waals surface area (Å²) in [7, 11) is 0. The third-order valence-corrected chi connectivity index (χ3v) is 9.77. The van der Waals surface area contributed by atoms with Gasteiger partial charge >= 0.3 is 11.8 Å². The van der Waals surface area contributed by atoms with Crippen LogP contribution < -0.4 is 10.6 Å². The lowest BCUT2D eigenvalue weighted by molar-refractivity contribution is -0.139. The fraction of sp³-hybridized carbons (Fsp3) is 0.350. The molecule has 0 atom stereocenters. The molecule has 53 heavy (non-hydrogen) atoms. The lowest BCUT2D eigenvalue weighted by Crippen LogP contribution is -2.39. The number of phenolic OH excluding ortho intramolecular Hbond substituents is 2. The lowest BCUT2D eigenvalue weighted by Gasteiger charge is -2.27. The van der Waals surface area contributed by atoms with Crippen LogP contribution in [0.2, 0.25) is 5.02 Å². The number of hydrogen-bond acceptors (Lipinski definition) is 8. The van der Waals surface area contributed by atoms with E-state index >= 15 is 0 Å². The number of phenols is 2. The average Bonchev–Trinajstić information content (AvgIpc) is 3.74. The number of hydrogen-bond donors (Lipinski definition) is 4. The Balaban J connectivity index is 1.23. The van der Waals surface area contributed by atoms with Crippen molar-refractivity contribution in [1.82, 2.24) is 40.6 Å². The average molecular weight is 737 g/mol. The number of aromatic hydroxyl groups is 2. The Bertz CT molecular complexity index is 2290. The molecule has 0 spiro atoms. The summed E-state index contributed by atoms with van der Waals surface area (Å²) in [4.78, 5) is 29.1. The van der Waals surface area contributed by atoms with Crippen molar-refractivity contribution in [3.63, 3.8) is 0 Å². The summed E-state index contributed by atoms with van der Waals surface area (Å²) in [5, 5.41) is 46.8. The van der Waals surface area contributed by atoms with Gasteiger partial charge < -0.3 is 20.8 Å². The number of carbonyl (C=O) groups is 2. The molecule has 6 aromatic rings. The molecule has 0 saturated carbocycles. The Morgan fingerprint density at radius 2 is 1.17 bits per heavy atom. The minimum absolute atomic E-state index is 0.0993. The maximum atomic E-state index is 13.2. The minimum Gasteiger partial charge on any atom is -0.505 e. The van der Waals surface area contributed by atoms with Crippen molar-refractivity contribution in [2.75, 3.05) is 0 Å². The van der Waals surface area contributed by atoms with E-state index in [-0.39, 0.29) is 35.4 Å². The predicted molar refractivity (Wildman–Crippen MR) is 206 cm³/mol. The van der Waals surface area contributed by atoms with Crippen molar-refractivity contribution in [3.8, 4) is 22.9 Å². The van der Waals surface area contributed by atoms with Gasteiger partial charge in [-0.15, -0.1) is 30.0 Å². The minimum atomic E-state index is -0.902. The van der Waals surface area contributed by atoms with Gasteiger partial charge in [0.2, 0.25) is 0 Å². The molecule has 276 valence electrons. The normalized spacial score (nSPS) is 12.1. The Labute approximate surface area is 313 Å². The topological polar surface area (TPSA) is 160 Å². The van der Waals surface area contributed by atoms with Gasteiger partial charge in [0.25, 0.3) is 0 Å². The Hall–Kier alpha value is -5.49. The van der Waals surface area contributed by atoms with Gasteiger partial charge in [0, 0.05) is 29.2 Å². The summed E-state index contributed by atoms with van der Waals surface area (Å²) in [6, 6.07) is 19.9. The quantitative estimate of drug-likeness (QED) is 0.0796. The highest BCUT2D eigenvalue weighted by Crippen LogP contribution is 2.37. The van der Waals surface area contributed by atoms with E-state index in [0.29, 0.717) is 49.6 Å². The highest BCUT2D eigenvalue weighted by molar-refractivity contribution is 6.35. The number of benzene rings is 4. The number of nitrogens with one attached hydrogen (secondary N) is 2. The van der Waals surface area contributed by atoms with Gasteiger partial charge in [0.1, 0.15) is 44.9 Å². The third-order valence-electron chi connectivity index (χ3n) is 9.54. The van der Waals surface area contributed by atoms with Gasteiger partial charge in [0.15, 0.2) is 0 Å². The molecule has 0 aliphatic carbocycles. The number of carbonyl (C=O) groups excluding carboxylic acids is 2. The zero-order valence-electron chi connectivity index (χ0n) is 30.9. The van der Waals surface area contributed by atoms with Crippen LogP contribution in [0.4, 0.5) is 0 Å². The van der Waals surface area contributed by atoms with Crippen molar-refractivity contribution in [2.45, 2.75) is 91.1 Å². The van der Waals surface area contributed by atoms with E-state index in [1.807, 2.05) is 57.2 Å². The second kappa shape index (κ2) is 14.9. The monoisotopic (exact) mass is 736 g/mol. The number of rotatable bonds is 11. The number of nitrogens with zero attached hydrogens (tertiary/aromatic N) is 6. The van der Waals surface area contributed by atoms with Crippen molar-refractivity contribution in [1.29, 1.82) is 0 Å². The zero-order valence-corrected chi connectivity index (χ0v) is 31.6. The number of aromatic nitrogens is 6. The number of fused-ring (bicyclic) bond motifs is 2. The molecular formula is C40H45ClN8O4. The molecule has 4 aromatic carbocycles. The summed E-state index contributed by atoms with van der Waals surface area (Å²) < 4.78 is 0. The van der Waals surface area contributed by atoms with E-state index in [9.17, 15) is 19.8 Å². The van der Waals surface area contributed by atoms with Crippen LogP contribution in [0.15, 0.2) is 66.7 Å². The molecule has 0 aliphatic heterocycles. The van der Waals surface area contributed by atoms with E-state index in [2.05, 4.69) is 51.8 Å². The summed E-state index contributed by atoms with van der Waals surface area (Å²) >= 11 is 6.15. The summed E-state index contributed by atoms with van der Waals surface area (Å²) in [5.41, 5.74) is 5.24. The van der Waals surface area contributed by atoms with Gasteiger partial charge in [-0.05, 0) is 83.0 Å². The van der Waals surface area contributed by atoms with Gasteiger partial charge in [0.05, 0.1) is 0 Å². The second-order valence-electron chi connectivity index (χ2n) is 15.1. The maximum absolute atomic E-state index is 13.2. The van der Waals surface area contributed by atoms with Gasteiger partial charge in [-0.25, -0.2) is 0 Å². The molecule has 0 radical (unpaired) electrons. The molecule has 12 nitrogen and oxygen atoms in total. The first-order chi connectivity index (χ1) is 25.1. The molecule has 4 N–H and O–H groups in total.